The van der Waals surface area contributed by atoms with E-state index in [4.69, 9.17) is 11.6 Å². The smallest absolute Gasteiger partial charge is 0.194 e. The van der Waals surface area contributed by atoms with Crippen LogP contribution in [0.3, 0.4) is 0 Å². The van der Waals surface area contributed by atoms with Crippen LogP contribution >= 0.6 is 22.9 Å². The average Bonchev–Trinajstić information content (AvgIpc) is 3.16. The fourth-order valence-electron chi connectivity index (χ4n) is 2.62. The van der Waals surface area contributed by atoms with Crippen LogP contribution in [0.2, 0.25) is 5.02 Å². The van der Waals surface area contributed by atoms with Gasteiger partial charge >= 0.3 is 0 Å². The first-order chi connectivity index (χ1) is 10.7. The highest BCUT2D eigenvalue weighted by atomic mass is 35.5. The van der Waals surface area contributed by atoms with Crippen LogP contribution in [0.25, 0.3) is 27.1 Å². The van der Waals surface area contributed by atoms with Crippen LogP contribution in [0.1, 0.15) is 12.6 Å². The first kappa shape index (κ1) is 13.8. The number of hydrogen-bond acceptors (Lipinski definition) is 3. The summed E-state index contributed by atoms with van der Waals surface area (Å²) < 4.78 is 2.02. The molecule has 112 valence electrons. The van der Waals surface area contributed by atoms with Gasteiger partial charge in [-0.2, -0.15) is 0 Å². The van der Waals surface area contributed by atoms with Gasteiger partial charge in [-0.3, -0.25) is 4.40 Å². The molecule has 4 aromatic rings. The summed E-state index contributed by atoms with van der Waals surface area (Å²) >= 11 is 8.09. The number of aromatic nitrogens is 3. The Bertz CT molecular complexity index is 921. The Morgan fingerprint density at radius 3 is 3.09 bits per heavy atom. The van der Waals surface area contributed by atoms with E-state index in [1.54, 1.807) is 11.3 Å². The molecule has 2 N–H and O–H groups in total. The molecule has 22 heavy (non-hydrogen) atoms. The molecule has 3 aromatic heterocycles. The number of halogens is 1. The lowest BCUT2D eigenvalue weighted by atomic mass is 10.1. The number of nitrogens with zero attached hydrogens (tertiary/aromatic N) is 2. The van der Waals surface area contributed by atoms with Gasteiger partial charge in [0.1, 0.15) is 0 Å². The largest absolute Gasteiger partial charge is 0.357 e. The number of fused-ring (bicyclic) bond motifs is 2. The van der Waals surface area contributed by atoms with Gasteiger partial charge in [0.2, 0.25) is 0 Å². The second-order valence-electron chi connectivity index (χ2n) is 5.21. The Morgan fingerprint density at radius 2 is 2.27 bits per heavy atom. The van der Waals surface area contributed by atoms with Crippen molar-refractivity contribution in [3.05, 3.63) is 46.7 Å². The third kappa shape index (κ3) is 2.31. The van der Waals surface area contributed by atoms with Crippen molar-refractivity contribution in [2.75, 3.05) is 6.54 Å². The van der Waals surface area contributed by atoms with E-state index in [9.17, 15) is 0 Å². The SMILES string of the molecule is CCNCc1cc2cc(Cl)c(-c3cn4ccsc4n3)cc2[nH]1. The van der Waals surface area contributed by atoms with Crippen molar-refractivity contribution < 1.29 is 0 Å². The predicted molar refractivity (Wildman–Crippen MR) is 92.8 cm³/mol. The van der Waals surface area contributed by atoms with Gasteiger partial charge in [0.05, 0.1) is 10.7 Å². The molecular weight excluding hydrogens is 316 g/mol. The number of imidazole rings is 1. The van der Waals surface area contributed by atoms with Gasteiger partial charge in [-0.1, -0.05) is 18.5 Å². The van der Waals surface area contributed by atoms with Crippen molar-refractivity contribution in [2.24, 2.45) is 0 Å². The number of rotatable bonds is 4. The van der Waals surface area contributed by atoms with Crippen molar-refractivity contribution in [2.45, 2.75) is 13.5 Å². The number of benzene rings is 1. The van der Waals surface area contributed by atoms with Crippen molar-refractivity contribution in [3.63, 3.8) is 0 Å². The number of nitrogens with one attached hydrogen (secondary N) is 2. The second-order valence-corrected chi connectivity index (χ2v) is 6.49. The molecule has 6 heteroatoms. The van der Waals surface area contributed by atoms with Crippen LogP contribution in [0, 0.1) is 0 Å². The first-order valence-electron chi connectivity index (χ1n) is 7.19. The molecule has 0 fully saturated rings. The highest BCUT2D eigenvalue weighted by Crippen LogP contribution is 2.32. The Hall–Kier alpha value is -1.82. The Labute approximate surface area is 136 Å². The van der Waals surface area contributed by atoms with Crippen LogP contribution in [0.4, 0.5) is 0 Å². The molecule has 0 aliphatic rings. The summed E-state index contributed by atoms with van der Waals surface area (Å²) in [7, 11) is 0. The fraction of sp³-hybridized carbons (Fsp3) is 0.188. The third-order valence-corrected chi connectivity index (χ3v) is 4.78. The number of thiazole rings is 1. The Balaban J connectivity index is 1.80. The molecule has 0 atom stereocenters. The predicted octanol–water partition coefficient (Wildman–Crippen LogP) is 4.31. The van der Waals surface area contributed by atoms with Crippen molar-refractivity contribution >= 4 is 38.8 Å². The van der Waals surface area contributed by atoms with Crippen LogP contribution in [0.5, 0.6) is 0 Å². The number of H-pyrrole nitrogens is 1. The van der Waals surface area contributed by atoms with E-state index < -0.39 is 0 Å². The van der Waals surface area contributed by atoms with Crippen molar-refractivity contribution in [3.8, 4) is 11.3 Å². The molecule has 0 bridgehead atoms. The van der Waals surface area contributed by atoms with E-state index in [0.29, 0.717) is 0 Å². The van der Waals surface area contributed by atoms with Gasteiger partial charge in [-0.25, -0.2) is 4.98 Å². The molecule has 0 saturated heterocycles. The molecule has 0 saturated carbocycles. The summed E-state index contributed by atoms with van der Waals surface area (Å²) in [5.74, 6) is 0. The molecule has 0 spiro atoms. The van der Waals surface area contributed by atoms with Gasteiger partial charge in [-0.05, 0) is 24.7 Å². The molecule has 0 unspecified atom stereocenters. The normalized spacial score (nSPS) is 11.7. The fourth-order valence-corrected chi connectivity index (χ4v) is 3.59. The van der Waals surface area contributed by atoms with E-state index in [0.717, 1.165) is 50.9 Å². The summed E-state index contributed by atoms with van der Waals surface area (Å²) in [6, 6.07) is 6.23. The lowest BCUT2D eigenvalue weighted by Crippen LogP contribution is -2.11. The molecule has 3 heterocycles. The Kier molecular flexibility index (Phi) is 3.41. The molecule has 0 aliphatic heterocycles. The molecule has 4 rings (SSSR count). The van der Waals surface area contributed by atoms with Crippen LogP contribution in [-0.2, 0) is 6.54 Å². The molecule has 0 amide bonds. The van der Waals surface area contributed by atoms with Gasteiger partial charge in [0, 0.05) is 46.5 Å². The van der Waals surface area contributed by atoms with Crippen molar-refractivity contribution in [1.82, 2.24) is 19.7 Å². The van der Waals surface area contributed by atoms with Crippen LogP contribution in [0.15, 0.2) is 36.0 Å². The third-order valence-electron chi connectivity index (χ3n) is 3.70. The molecule has 0 radical (unpaired) electrons. The minimum Gasteiger partial charge on any atom is -0.357 e. The Morgan fingerprint density at radius 1 is 1.36 bits per heavy atom. The van der Waals surface area contributed by atoms with Gasteiger partial charge in [-0.15, -0.1) is 11.3 Å². The summed E-state index contributed by atoms with van der Waals surface area (Å²) in [6.45, 7) is 3.88. The number of aromatic amines is 1. The van der Waals surface area contributed by atoms with Crippen LogP contribution in [-0.4, -0.2) is 20.9 Å². The zero-order valence-corrected chi connectivity index (χ0v) is 13.6. The first-order valence-corrected chi connectivity index (χ1v) is 8.45. The minimum atomic E-state index is 0.729. The van der Waals surface area contributed by atoms with Gasteiger partial charge < -0.3 is 10.3 Å². The van der Waals surface area contributed by atoms with Crippen LogP contribution < -0.4 is 5.32 Å². The quantitative estimate of drug-likeness (QED) is 0.585. The maximum Gasteiger partial charge on any atom is 0.194 e. The highest BCUT2D eigenvalue weighted by molar-refractivity contribution is 7.15. The maximum atomic E-state index is 6.47. The van der Waals surface area contributed by atoms with E-state index in [1.165, 1.54) is 0 Å². The summed E-state index contributed by atoms with van der Waals surface area (Å²) in [4.78, 5) is 9.06. The monoisotopic (exact) mass is 330 g/mol. The molecule has 0 aliphatic carbocycles. The topological polar surface area (TPSA) is 45.1 Å². The average molecular weight is 331 g/mol. The number of hydrogen-bond donors (Lipinski definition) is 2. The van der Waals surface area contributed by atoms with E-state index >= 15 is 0 Å². The standard InChI is InChI=1S/C16H15ClN4S/c1-2-18-8-11-5-10-6-13(17)12(7-14(10)19-11)15-9-21-3-4-22-16(21)20-15/h3-7,9,18-19H,2,8H2,1H3. The highest BCUT2D eigenvalue weighted by Gasteiger charge is 2.12. The lowest BCUT2D eigenvalue weighted by Gasteiger charge is -2.01. The van der Waals surface area contributed by atoms with E-state index in [1.807, 2.05) is 28.2 Å². The summed E-state index contributed by atoms with van der Waals surface area (Å²) in [6.07, 6.45) is 4.02. The second kappa shape index (κ2) is 5.43. The lowest BCUT2D eigenvalue weighted by molar-refractivity contribution is 0.715. The van der Waals surface area contributed by atoms with Gasteiger partial charge in [0.25, 0.3) is 0 Å². The van der Waals surface area contributed by atoms with E-state index in [2.05, 4.69) is 34.3 Å². The van der Waals surface area contributed by atoms with Gasteiger partial charge in [0.15, 0.2) is 4.96 Å². The zero-order chi connectivity index (χ0) is 15.1. The minimum absolute atomic E-state index is 0.729. The maximum absolute atomic E-state index is 6.47. The molecule has 1 aromatic carbocycles. The summed E-state index contributed by atoms with van der Waals surface area (Å²) in [5, 5.41) is 7.20. The van der Waals surface area contributed by atoms with E-state index in [-0.39, 0.29) is 0 Å². The molecule has 4 nitrogen and oxygen atoms in total. The summed E-state index contributed by atoms with van der Waals surface area (Å²) in [5.41, 5.74) is 4.11. The molecular formula is C16H15ClN4S. The zero-order valence-electron chi connectivity index (χ0n) is 12.1. The van der Waals surface area contributed by atoms with Crippen molar-refractivity contribution in [1.29, 1.82) is 0 Å².